The fourth-order valence-corrected chi connectivity index (χ4v) is 8.38. The quantitative estimate of drug-likeness (QED) is 0.624. The summed E-state index contributed by atoms with van der Waals surface area (Å²) in [5.74, 6) is 3.07. The average Bonchev–Trinajstić information content (AvgIpc) is 3.26. The summed E-state index contributed by atoms with van der Waals surface area (Å²) in [4.78, 5) is 0. The van der Waals surface area contributed by atoms with Crippen LogP contribution in [0.25, 0.3) is 5.69 Å². The summed E-state index contributed by atoms with van der Waals surface area (Å²) in [6.07, 6.45) is 11.9. The zero-order valence-electron chi connectivity index (χ0n) is 18.1. The lowest BCUT2D eigenvalue weighted by Crippen LogP contribution is -2.54. The molecule has 1 heterocycles. The first-order valence-electron chi connectivity index (χ1n) is 11.9. The van der Waals surface area contributed by atoms with E-state index < -0.39 is 0 Å². The lowest BCUT2D eigenvalue weighted by Gasteiger charge is -2.59. The minimum absolute atomic E-state index is 0.0791. The zero-order chi connectivity index (χ0) is 20.7. The molecule has 0 aliphatic heterocycles. The Morgan fingerprint density at radius 2 is 1.77 bits per heavy atom. The van der Waals surface area contributed by atoms with Crippen molar-refractivity contribution in [3.05, 3.63) is 46.7 Å². The first-order chi connectivity index (χ1) is 14.4. The molecular weight excluding hydrogens is 392 g/mol. The predicted molar refractivity (Wildman–Crippen MR) is 120 cm³/mol. The lowest BCUT2D eigenvalue weighted by molar-refractivity contribution is -0.111. The molecule has 0 radical (unpaired) electrons. The summed E-state index contributed by atoms with van der Waals surface area (Å²) < 4.78 is 2.06. The smallest absolute Gasteiger partial charge is 0.0664 e. The van der Waals surface area contributed by atoms with E-state index in [-0.39, 0.29) is 11.5 Å². The van der Waals surface area contributed by atoms with Gasteiger partial charge >= 0.3 is 0 Å². The van der Waals surface area contributed by atoms with Crippen molar-refractivity contribution in [2.24, 2.45) is 34.5 Å². The van der Waals surface area contributed by atoms with Gasteiger partial charge in [-0.1, -0.05) is 25.4 Å². The maximum absolute atomic E-state index is 10.7. The third kappa shape index (κ3) is 2.64. The number of nitrogens with zero attached hydrogens (tertiary/aromatic N) is 2. The Bertz CT molecular complexity index is 968. The molecule has 0 bridgehead atoms. The van der Waals surface area contributed by atoms with E-state index in [2.05, 4.69) is 36.9 Å². The van der Waals surface area contributed by atoms with Crippen molar-refractivity contribution in [2.75, 3.05) is 0 Å². The van der Waals surface area contributed by atoms with Crippen LogP contribution in [0.15, 0.2) is 30.5 Å². The fourth-order valence-electron chi connectivity index (χ4n) is 8.25. The van der Waals surface area contributed by atoms with E-state index in [4.69, 9.17) is 16.7 Å². The van der Waals surface area contributed by atoms with Crippen molar-refractivity contribution in [3.8, 4) is 5.69 Å². The van der Waals surface area contributed by atoms with Gasteiger partial charge in [0, 0.05) is 11.2 Å². The molecule has 1 aromatic heterocycles. The number of benzene rings is 1. The normalized spacial score (nSPS) is 42.2. The molecule has 3 saturated carbocycles. The Kier molecular flexibility index (Phi) is 4.26. The zero-order valence-corrected chi connectivity index (χ0v) is 18.9. The van der Waals surface area contributed by atoms with Gasteiger partial charge in [0.05, 0.1) is 17.5 Å². The maximum Gasteiger partial charge on any atom is 0.0664 e. The van der Waals surface area contributed by atoms with Crippen LogP contribution in [0, 0.1) is 34.5 Å². The Morgan fingerprint density at radius 1 is 1.00 bits per heavy atom. The van der Waals surface area contributed by atoms with Gasteiger partial charge in [-0.3, -0.25) is 0 Å². The van der Waals surface area contributed by atoms with E-state index in [1.165, 1.54) is 43.4 Å². The van der Waals surface area contributed by atoms with Gasteiger partial charge in [0.2, 0.25) is 0 Å². The highest BCUT2D eigenvalue weighted by molar-refractivity contribution is 6.30. The molecule has 30 heavy (non-hydrogen) atoms. The van der Waals surface area contributed by atoms with Crippen molar-refractivity contribution in [2.45, 2.75) is 71.3 Å². The van der Waals surface area contributed by atoms with Gasteiger partial charge in [-0.2, -0.15) is 5.10 Å². The third-order valence-electron chi connectivity index (χ3n) is 9.99. The molecule has 1 aromatic carbocycles. The molecule has 3 nitrogen and oxygen atoms in total. The molecule has 4 aliphatic carbocycles. The molecule has 6 rings (SSSR count). The predicted octanol–water partition coefficient (Wildman–Crippen LogP) is 5.84. The highest BCUT2D eigenvalue weighted by Crippen LogP contribution is 2.65. The lowest BCUT2D eigenvalue weighted by atomic mass is 9.45. The average molecular weight is 425 g/mol. The van der Waals surface area contributed by atoms with E-state index in [0.717, 1.165) is 53.6 Å². The second-order valence-electron chi connectivity index (χ2n) is 11.2. The van der Waals surface area contributed by atoms with Crippen LogP contribution in [0.3, 0.4) is 0 Å². The molecule has 2 aromatic rings. The van der Waals surface area contributed by atoms with E-state index in [0.29, 0.717) is 5.41 Å². The fraction of sp³-hybridized carbons (Fsp3) is 0.654. The Morgan fingerprint density at radius 3 is 2.57 bits per heavy atom. The minimum atomic E-state index is -0.0791. The number of aliphatic hydroxyl groups excluding tert-OH is 1. The van der Waals surface area contributed by atoms with Crippen molar-refractivity contribution in [1.82, 2.24) is 9.78 Å². The highest BCUT2D eigenvalue weighted by atomic mass is 35.5. The summed E-state index contributed by atoms with van der Waals surface area (Å²) in [5, 5.41) is 16.5. The summed E-state index contributed by atoms with van der Waals surface area (Å²) in [6.45, 7) is 4.97. The molecule has 160 valence electrons. The van der Waals surface area contributed by atoms with Gasteiger partial charge in [0.1, 0.15) is 0 Å². The second-order valence-corrected chi connectivity index (χ2v) is 11.6. The number of hydrogen-bond acceptors (Lipinski definition) is 2. The van der Waals surface area contributed by atoms with Gasteiger partial charge < -0.3 is 5.11 Å². The largest absolute Gasteiger partial charge is 0.393 e. The Balaban J connectivity index is 1.32. The minimum Gasteiger partial charge on any atom is -0.393 e. The molecular formula is C26H33ClN2O. The second kappa shape index (κ2) is 6.59. The first kappa shape index (κ1) is 19.4. The number of rotatable bonds is 1. The van der Waals surface area contributed by atoms with Gasteiger partial charge in [-0.15, -0.1) is 0 Å². The van der Waals surface area contributed by atoms with Crippen LogP contribution in [-0.2, 0) is 12.8 Å². The molecule has 0 amide bonds. The molecule has 4 heteroatoms. The standard InChI is InChI=1S/C26H33ClN2O/c1-25-12-11-22-20(21(25)9-10-24(25)30)8-3-17-13-23-16(14-26(17,22)2)15-29(28-23)19-6-4-18(27)5-7-19/h4-7,15,17,20-22,24,30H,3,8-14H2,1-2H3/t17-,20-,21-,22-,24-,25-,26-/m0/s1. The summed E-state index contributed by atoms with van der Waals surface area (Å²) in [7, 11) is 0. The van der Waals surface area contributed by atoms with Crippen molar-refractivity contribution in [1.29, 1.82) is 0 Å². The van der Waals surface area contributed by atoms with Crippen LogP contribution in [0.1, 0.15) is 63.6 Å². The van der Waals surface area contributed by atoms with Crippen molar-refractivity contribution in [3.63, 3.8) is 0 Å². The van der Waals surface area contributed by atoms with Crippen LogP contribution >= 0.6 is 11.6 Å². The van der Waals surface area contributed by atoms with Crippen molar-refractivity contribution < 1.29 is 5.11 Å². The first-order valence-corrected chi connectivity index (χ1v) is 12.3. The molecule has 1 N–H and O–H groups in total. The van der Waals surface area contributed by atoms with E-state index >= 15 is 0 Å². The third-order valence-corrected chi connectivity index (χ3v) is 10.2. The number of aromatic nitrogens is 2. The van der Waals surface area contributed by atoms with Crippen LogP contribution in [-0.4, -0.2) is 21.0 Å². The van der Waals surface area contributed by atoms with Gasteiger partial charge in [-0.05, 0) is 116 Å². The molecule has 0 saturated heterocycles. The molecule has 0 unspecified atom stereocenters. The van der Waals surface area contributed by atoms with Gasteiger partial charge in [-0.25, -0.2) is 4.68 Å². The Hall–Kier alpha value is -1.32. The number of fused-ring (bicyclic) bond motifs is 6. The maximum atomic E-state index is 10.7. The molecule has 3 fully saturated rings. The number of aliphatic hydroxyl groups is 1. The summed E-state index contributed by atoms with van der Waals surface area (Å²) in [5.41, 5.74) is 4.39. The number of hydrogen-bond donors (Lipinski definition) is 1. The topological polar surface area (TPSA) is 38.0 Å². The molecule has 7 atom stereocenters. The van der Waals surface area contributed by atoms with Crippen LogP contribution in [0.4, 0.5) is 0 Å². The number of halogens is 1. The summed E-state index contributed by atoms with van der Waals surface area (Å²) in [6, 6.07) is 7.99. The van der Waals surface area contributed by atoms with E-state index in [1.807, 2.05) is 12.1 Å². The molecule has 0 spiro atoms. The van der Waals surface area contributed by atoms with E-state index in [9.17, 15) is 5.11 Å². The van der Waals surface area contributed by atoms with Crippen LogP contribution in [0.5, 0.6) is 0 Å². The van der Waals surface area contributed by atoms with Gasteiger partial charge in [0.15, 0.2) is 0 Å². The van der Waals surface area contributed by atoms with Crippen LogP contribution < -0.4 is 0 Å². The van der Waals surface area contributed by atoms with Crippen LogP contribution in [0.2, 0.25) is 5.02 Å². The van der Waals surface area contributed by atoms with Gasteiger partial charge in [0.25, 0.3) is 0 Å². The Labute approximate surface area is 184 Å². The summed E-state index contributed by atoms with van der Waals surface area (Å²) >= 11 is 6.08. The highest BCUT2D eigenvalue weighted by Gasteiger charge is 2.60. The van der Waals surface area contributed by atoms with E-state index in [1.54, 1.807) is 0 Å². The van der Waals surface area contributed by atoms with Crippen molar-refractivity contribution >= 4 is 11.6 Å². The molecule has 4 aliphatic rings. The SMILES string of the molecule is C[C@]12Cc3cn(-c4ccc(Cl)cc4)nc3C[C@@H]1CC[C@@H]1[C@@H]2CC[C@]2(C)[C@@H](O)CC[C@@H]12. The monoisotopic (exact) mass is 424 g/mol.